The number of nitrogens with one attached hydrogen (secondary N) is 1. The number of aryl methyl sites for hydroxylation is 1. The summed E-state index contributed by atoms with van der Waals surface area (Å²) in [4.78, 5) is 0.127. The molecular formula is C14H14BrNO3S. The second-order valence-electron chi connectivity index (χ2n) is 4.43. The molecule has 0 aliphatic carbocycles. The Hall–Kier alpha value is -1.37. The van der Waals surface area contributed by atoms with Crippen LogP contribution in [0, 0.1) is 6.92 Å². The van der Waals surface area contributed by atoms with Crippen molar-refractivity contribution in [1.29, 1.82) is 0 Å². The summed E-state index contributed by atoms with van der Waals surface area (Å²) in [6, 6.07) is 11.6. The summed E-state index contributed by atoms with van der Waals surface area (Å²) in [6.45, 7) is 1.69. The second kappa shape index (κ2) is 5.95. The molecule has 6 heteroatoms. The predicted octanol–water partition coefficient (Wildman–Crippen LogP) is 3.05. The molecule has 0 unspecified atom stereocenters. The van der Waals surface area contributed by atoms with Gasteiger partial charge in [-0.05, 0) is 48.4 Å². The van der Waals surface area contributed by atoms with Gasteiger partial charge in [0.1, 0.15) is 0 Å². The number of rotatable bonds is 4. The SMILES string of the molecule is Cc1cc(Br)cc(NS(=O)(=O)c2cccc(CO)c2)c1. The Morgan fingerprint density at radius 3 is 2.60 bits per heavy atom. The molecule has 0 heterocycles. The van der Waals surface area contributed by atoms with Crippen molar-refractivity contribution in [2.75, 3.05) is 4.72 Å². The number of anilines is 1. The molecule has 0 saturated heterocycles. The van der Waals surface area contributed by atoms with Crippen LogP contribution in [-0.4, -0.2) is 13.5 Å². The van der Waals surface area contributed by atoms with E-state index in [-0.39, 0.29) is 11.5 Å². The number of halogens is 1. The van der Waals surface area contributed by atoms with Gasteiger partial charge in [0.25, 0.3) is 10.0 Å². The van der Waals surface area contributed by atoms with Gasteiger partial charge in [-0.15, -0.1) is 0 Å². The fourth-order valence-corrected chi connectivity index (χ4v) is 3.54. The first-order chi connectivity index (χ1) is 9.40. The lowest BCUT2D eigenvalue weighted by Gasteiger charge is -2.10. The van der Waals surface area contributed by atoms with Gasteiger partial charge < -0.3 is 5.11 Å². The van der Waals surface area contributed by atoms with E-state index in [9.17, 15) is 8.42 Å². The molecule has 0 aromatic heterocycles. The van der Waals surface area contributed by atoms with Crippen LogP contribution in [0.5, 0.6) is 0 Å². The number of hydrogen-bond donors (Lipinski definition) is 2. The summed E-state index contributed by atoms with van der Waals surface area (Å²) >= 11 is 3.33. The minimum absolute atomic E-state index is 0.127. The van der Waals surface area contributed by atoms with E-state index in [1.165, 1.54) is 12.1 Å². The largest absolute Gasteiger partial charge is 0.392 e. The van der Waals surface area contributed by atoms with E-state index in [1.54, 1.807) is 24.3 Å². The Morgan fingerprint density at radius 1 is 1.20 bits per heavy atom. The first-order valence-electron chi connectivity index (χ1n) is 5.90. The van der Waals surface area contributed by atoms with E-state index < -0.39 is 10.0 Å². The molecular weight excluding hydrogens is 342 g/mol. The van der Waals surface area contributed by atoms with Crippen LogP contribution in [0.15, 0.2) is 51.8 Å². The van der Waals surface area contributed by atoms with Crippen molar-refractivity contribution in [3.8, 4) is 0 Å². The zero-order valence-corrected chi connectivity index (χ0v) is 13.2. The van der Waals surface area contributed by atoms with Gasteiger partial charge in [0.05, 0.1) is 17.2 Å². The fraction of sp³-hybridized carbons (Fsp3) is 0.143. The van der Waals surface area contributed by atoms with Crippen molar-refractivity contribution >= 4 is 31.6 Å². The van der Waals surface area contributed by atoms with Crippen molar-refractivity contribution in [3.05, 3.63) is 58.1 Å². The van der Waals surface area contributed by atoms with Crippen LogP contribution in [0.4, 0.5) is 5.69 Å². The Morgan fingerprint density at radius 2 is 1.95 bits per heavy atom. The summed E-state index contributed by atoms with van der Waals surface area (Å²) in [5.74, 6) is 0. The third-order valence-electron chi connectivity index (χ3n) is 2.69. The highest BCUT2D eigenvalue weighted by atomic mass is 79.9. The summed E-state index contributed by atoms with van der Waals surface area (Å²) in [6.07, 6.45) is 0. The van der Waals surface area contributed by atoms with Crippen molar-refractivity contribution in [3.63, 3.8) is 0 Å². The molecule has 0 spiro atoms. The Labute approximate surface area is 126 Å². The highest BCUT2D eigenvalue weighted by Gasteiger charge is 2.14. The molecule has 0 amide bonds. The minimum Gasteiger partial charge on any atom is -0.392 e. The van der Waals surface area contributed by atoms with Crippen LogP contribution >= 0.6 is 15.9 Å². The van der Waals surface area contributed by atoms with Gasteiger partial charge in [-0.2, -0.15) is 0 Å². The highest BCUT2D eigenvalue weighted by Crippen LogP contribution is 2.22. The van der Waals surface area contributed by atoms with Crippen LogP contribution < -0.4 is 4.72 Å². The summed E-state index contributed by atoms with van der Waals surface area (Å²) < 4.78 is 27.9. The quantitative estimate of drug-likeness (QED) is 0.885. The summed E-state index contributed by atoms with van der Waals surface area (Å²) in [7, 11) is -3.66. The van der Waals surface area contributed by atoms with E-state index in [0.29, 0.717) is 11.3 Å². The van der Waals surface area contributed by atoms with Crippen LogP contribution in [0.25, 0.3) is 0 Å². The summed E-state index contributed by atoms with van der Waals surface area (Å²) in [5, 5.41) is 9.07. The maximum Gasteiger partial charge on any atom is 0.261 e. The van der Waals surface area contributed by atoms with E-state index >= 15 is 0 Å². The number of aliphatic hydroxyl groups excluding tert-OH is 1. The van der Waals surface area contributed by atoms with Crippen molar-refractivity contribution in [2.24, 2.45) is 0 Å². The van der Waals surface area contributed by atoms with Crippen molar-refractivity contribution in [1.82, 2.24) is 0 Å². The monoisotopic (exact) mass is 355 g/mol. The first kappa shape index (κ1) is 15.0. The van der Waals surface area contributed by atoms with Gasteiger partial charge in [0.15, 0.2) is 0 Å². The lowest BCUT2D eigenvalue weighted by molar-refractivity contribution is 0.281. The van der Waals surface area contributed by atoms with E-state index in [4.69, 9.17) is 5.11 Å². The molecule has 2 aromatic carbocycles. The molecule has 2 rings (SSSR count). The standard InChI is InChI=1S/C14H14BrNO3S/c1-10-5-12(15)8-13(6-10)16-20(18,19)14-4-2-3-11(7-14)9-17/h2-8,16-17H,9H2,1H3. The Balaban J connectivity index is 2.35. The van der Waals surface area contributed by atoms with Crippen molar-refractivity contribution < 1.29 is 13.5 Å². The van der Waals surface area contributed by atoms with Gasteiger partial charge in [0, 0.05) is 4.47 Å². The molecule has 0 aliphatic heterocycles. The maximum absolute atomic E-state index is 12.3. The normalized spacial score (nSPS) is 11.3. The minimum atomic E-state index is -3.66. The molecule has 0 saturated carbocycles. The lowest BCUT2D eigenvalue weighted by atomic mass is 10.2. The second-order valence-corrected chi connectivity index (χ2v) is 7.03. The molecule has 0 atom stereocenters. The number of sulfonamides is 1. The number of aliphatic hydroxyl groups is 1. The molecule has 106 valence electrons. The van der Waals surface area contributed by atoms with E-state index in [1.807, 2.05) is 13.0 Å². The molecule has 4 nitrogen and oxygen atoms in total. The third kappa shape index (κ3) is 3.59. The number of hydrogen-bond acceptors (Lipinski definition) is 3. The summed E-state index contributed by atoms with van der Waals surface area (Å²) in [5.41, 5.74) is 1.99. The molecule has 2 aromatic rings. The molecule has 2 N–H and O–H groups in total. The van der Waals surface area contributed by atoms with Gasteiger partial charge >= 0.3 is 0 Å². The van der Waals surface area contributed by atoms with Gasteiger partial charge in [-0.3, -0.25) is 4.72 Å². The van der Waals surface area contributed by atoms with Crippen molar-refractivity contribution in [2.45, 2.75) is 18.4 Å². The molecule has 0 radical (unpaired) electrons. The van der Waals surface area contributed by atoms with E-state index in [2.05, 4.69) is 20.7 Å². The maximum atomic E-state index is 12.3. The molecule has 20 heavy (non-hydrogen) atoms. The fourth-order valence-electron chi connectivity index (χ4n) is 1.82. The number of benzene rings is 2. The third-order valence-corrected chi connectivity index (χ3v) is 4.52. The molecule has 0 fully saturated rings. The topological polar surface area (TPSA) is 66.4 Å². The van der Waals surface area contributed by atoms with Crippen LogP contribution in [-0.2, 0) is 16.6 Å². The zero-order valence-electron chi connectivity index (χ0n) is 10.8. The zero-order chi connectivity index (χ0) is 14.8. The molecule has 0 aliphatic rings. The average Bonchev–Trinajstić information content (AvgIpc) is 2.37. The first-order valence-corrected chi connectivity index (χ1v) is 8.18. The van der Waals surface area contributed by atoms with E-state index in [0.717, 1.165) is 10.0 Å². The van der Waals surface area contributed by atoms with Gasteiger partial charge in [-0.25, -0.2) is 8.42 Å². The van der Waals surface area contributed by atoms with Gasteiger partial charge in [-0.1, -0.05) is 28.1 Å². The van der Waals surface area contributed by atoms with Crippen LogP contribution in [0.3, 0.4) is 0 Å². The predicted molar refractivity (Wildman–Crippen MR) is 82.1 cm³/mol. The Bertz CT molecular complexity index is 709. The lowest BCUT2D eigenvalue weighted by Crippen LogP contribution is -2.13. The highest BCUT2D eigenvalue weighted by molar-refractivity contribution is 9.10. The van der Waals surface area contributed by atoms with Crippen LogP contribution in [0.2, 0.25) is 0 Å². The van der Waals surface area contributed by atoms with Crippen LogP contribution in [0.1, 0.15) is 11.1 Å². The average molecular weight is 356 g/mol. The molecule has 0 bridgehead atoms. The smallest absolute Gasteiger partial charge is 0.261 e. The van der Waals surface area contributed by atoms with Gasteiger partial charge in [0.2, 0.25) is 0 Å². The Kier molecular flexibility index (Phi) is 4.47.